The minimum absolute atomic E-state index is 0.0119. The molecule has 4 heterocycles. The smallest absolute Gasteiger partial charge is 0.380 e. The van der Waals surface area contributed by atoms with Crippen LogP contribution in [0.5, 0.6) is 0 Å². The molecule has 0 amide bonds. The van der Waals surface area contributed by atoms with Crippen LogP contribution in [0.15, 0.2) is 11.1 Å². The van der Waals surface area contributed by atoms with Crippen LogP contribution in [0.25, 0.3) is 0 Å². The Bertz CT molecular complexity index is 871. The number of rotatable bonds is 3. The van der Waals surface area contributed by atoms with E-state index in [1.165, 1.54) is 11.4 Å². The number of ether oxygens (including phenoxy) is 1. The molecule has 0 aromatic carbocycles. The Morgan fingerprint density at radius 3 is 2.26 bits per heavy atom. The van der Waals surface area contributed by atoms with Crippen LogP contribution in [0.1, 0.15) is 18.5 Å². The van der Waals surface area contributed by atoms with Crippen molar-refractivity contribution < 1.29 is 26.3 Å². The number of hydrogen-bond donors (Lipinski definition) is 0. The molecule has 7 nitrogen and oxygen atoms in total. The van der Waals surface area contributed by atoms with E-state index in [-0.39, 0.29) is 5.41 Å². The van der Waals surface area contributed by atoms with Gasteiger partial charge in [-0.15, -0.1) is 0 Å². The fraction of sp³-hybridized carbons (Fsp3) is 0.812. The molecule has 0 unspecified atom stereocenters. The summed E-state index contributed by atoms with van der Waals surface area (Å²) in [4.78, 5) is 2.45. The van der Waals surface area contributed by atoms with Crippen LogP contribution in [0.2, 0.25) is 0 Å². The van der Waals surface area contributed by atoms with Crippen LogP contribution >= 0.6 is 0 Å². The standard InChI is InChI=1S/C16H21F3N4O3S/c1-21-13(2-12(20-21)16(17,18)19)27(24,25)23-7-14(8-23)3-11(4-14)22-5-15(6-22)9-26-10-15/h2,11H,3-10H2,1H3. The molecule has 5 rings (SSSR count). The van der Waals surface area contributed by atoms with Crippen molar-refractivity contribution in [3.8, 4) is 0 Å². The maximum Gasteiger partial charge on any atom is 0.435 e. The quantitative estimate of drug-likeness (QED) is 0.747. The molecule has 4 aliphatic rings. The summed E-state index contributed by atoms with van der Waals surface area (Å²) in [6.07, 6.45) is -2.76. The van der Waals surface area contributed by atoms with E-state index in [9.17, 15) is 21.6 Å². The second-order valence-electron chi connectivity index (χ2n) is 8.72. The number of likely N-dealkylation sites (tertiary alicyclic amines) is 1. The van der Waals surface area contributed by atoms with Gasteiger partial charge in [-0.25, -0.2) is 8.42 Å². The lowest BCUT2D eigenvalue weighted by Crippen LogP contribution is -2.74. The first-order valence-corrected chi connectivity index (χ1v) is 10.4. The predicted molar refractivity (Wildman–Crippen MR) is 87.2 cm³/mol. The van der Waals surface area contributed by atoms with E-state index in [4.69, 9.17) is 4.74 Å². The molecule has 0 N–H and O–H groups in total. The lowest BCUT2D eigenvalue weighted by atomic mass is 9.59. The molecule has 3 saturated heterocycles. The van der Waals surface area contributed by atoms with Crippen molar-refractivity contribution in [3.05, 3.63) is 11.8 Å². The van der Waals surface area contributed by atoms with Crippen LogP contribution in [-0.4, -0.2) is 72.8 Å². The Hall–Kier alpha value is -1.17. The number of nitrogens with zero attached hydrogens (tertiary/aromatic N) is 4. The lowest BCUT2D eigenvalue weighted by molar-refractivity contribution is -0.219. The monoisotopic (exact) mass is 406 g/mol. The molecule has 1 saturated carbocycles. The largest absolute Gasteiger partial charge is 0.435 e. The second-order valence-corrected chi connectivity index (χ2v) is 10.6. The summed E-state index contributed by atoms with van der Waals surface area (Å²) in [5, 5.41) is 2.90. The van der Waals surface area contributed by atoms with Gasteiger partial charge in [-0.3, -0.25) is 9.58 Å². The molecule has 0 bridgehead atoms. The summed E-state index contributed by atoms with van der Waals surface area (Å²) in [6.45, 7) is 4.56. The van der Waals surface area contributed by atoms with Gasteiger partial charge in [-0.1, -0.05) is 0 Å². The van der Waals surface area contributed by atoms with Crippen molar-refractivity contribution in [1.29, 1.82) is 0 Å². The van der Waals surface area contributed by atoms with Gasteiger partial charge in [0.1, 0.15) is 0 Å². The highest BCUT2D eigenvalue weighted by molar-refractivity contribution is 7.89. The lowest BCUT2D eigenvalue weighted by Gasteiger charge is -2.65. The van der Waals surface area contributed by atoms with Crippen LogP contribution < -0.4 is 0 Å². The van der Waals surface area contributed by atoms with Gasteiger partial charge >= 0.3 is 6.18 Å². The van der Waals surface area contributed by atoms with Gasteiger partial charge in [0.05, 0.1) is 13.2 Å². The van der Waals surface area contributed by atoms with E-state index in [1.807, 2.05) is 0 Å². The molecule has 3 aliphatic heterocycles. The molecular formula is C16H21F3N4O3S. The second kappa shape index (κ2) is 5.25. The molecule has 27 heavy (non-hydrogen) atoms. The number of aryl methyl sites for hydroxylation is 1. The Morgan fingerprint density at radius 1 is 1.15 bits per heavy atom. The minimum atomic E-state index is -4.66. The molecule has 0 atom stereocenters. The summed E-state index contributed by atoms with van der Waals surface area (Å²) in [7, 11) is -2.74. The molecule has 1 aromatic rings. The SMILES string of the molecule is Cn1nc(C(F)(F)F)cc1S(=O)(=O)N1CC2(CC(N3CC4(COC4)C3)C2)C1. The van der Waals surface area contributed by atoms with Gasteiger partial charge in [-0.05, 0) is 12.8 Å². The number of sulfonamides is 1. The van der Waals surface area contributed by atoms with E-state index >= 15 is 0 Å². The molecule has 4 fully saturated rings. The minimum Gasteiger partial charge on any atom is -0.380 e. The van der Waals surface area contributed by atoms with Gasteiger partial charge < -0.3 is 4.74 Å². The number of hydrogen-bond acceptors (Lipinski definition) is 5. The van der Waals surface area contributed by atoms with Crippen LogP contribution in [0.3, 0.4) is 0 Å². The zero-order valence-electron chi connectivity index (χ0n) is 14.9. The summed E-state index contributed by atoms with van der Waals surface area (Å²) in [6, 6.07) is 1.11. The normalized spacial score (nSPS) is 27.9. The highest BCUT2D eigenvalue weighted by atomic mass is 32.2. The zero-order valence-corrected chi connectivity index (χ0v) is 15.7. The average molecular weight is 406 g/mol. The molecule has 150 valence electrons. The Labute approximate surface area is 155 Å². The third-order valence-corrected chi connectivity index (χ3v) is 8.35. The first-order chi connectivity index (χ1) is 12.5. The number of halogens is 3. The van der Waals surface area contributed by atoms with E-state index < -0.39 is 26.9 Å². The van der Waals surface area contributed by atoms with Crippen molar-refractivity contribution in [2.24, 2.45) is 17.9 Å². The van der Waals surface area contributed by atoms with Gasteiger partial charge in [0, 0.05) is 56.2 Å². The van der Waals surface area contributed by atoms with E-state index in [2.05, 4.69) is 10.00 Å². The molecule has 1 aliphatic carbocycles. The average Bonchev–Trinajstić information content (AvgIpc) is 2.77. The Balaban J connectivity index is 1.20. The molecule has 2 spiro atoms. The predicted octanol–water partition coefficient (Wildman–Crippen LogP) is 0.924. The van der Waals surface area contributed by atoms with Crippen LogP contribution in [0, 0.1) is 10.8 Å². The first-order valence-electron chi connectivity index (χ1n) is 8.95. The van der Waals surface area contributed by atoms with Crippen LogP contribution in [0.4, 0.5) is 13.2 Å². The maximum atomic E-state index is 12.8. The van der Waals surface area contributed by atoms with Crippen molar-refractivity contribution >= 4 is 10.0 Å². The molecule has 0 radical (unpaired) electrons. The first kappa shape index (κ1) is 17.9. The summed E-state index contributed by atoms with van der Waals surface area (Å²) in [5.41, 5.74) is -0.829. The van der Waals surface area contributed by atoms with Gasteiger partial charge in [0.25, 0.3) is 10.0 Å². The highest BCUT2D eigenvalue weighted by Crippen LogP contribution is 2.54. The molecular weight excluding hydrogens is 385 g/mol. The zero-order chi connectivity index (χ0) is 19.2. The van der Waals surface area contributed by atoms with Crippen LogP contribution in [-0.2, 0) is 28.0 Å². The summed E-state index contributed by atoms with van der Waals surface area (Å²) in [5.74, 6) is 0. The molecule has 11 heteroatoms. The summed E-state index contributed by atoms with van der Waals surface area (Å²) >= 11 is 0. The van der Waals surface area contributed by atoms with Gasteiger partial charge in [0.15, 0.2) is 10.7 Å². The number of alkyl halides is 3. The van der Waals surface area contributed by atoms with Gasteiger partial charge in [0.2, 0.25) is 0 Å². The fourth-order valence-corrected chi connectivity index (χ4v) is 6.72. The third kappa shape index (κ3) is 2.58. The van der Waals surface area contributed by atoms with Gasteiger partial charge in [-0.2, -0.15) is 22.6 Å². The van der Waals surface area contributed by atoms with Crippen molar-refractivity contribution in [2.75, 3.05) is 39.4 Å². The summed E-state index contributed by atoms with van der Waals surface area (Å²) < 4.78 is 71.1. The fourth-order valence-electron chi connectivity index (χ4n) is 4.94. The van der Waals surface area contributed by atoms with Crippen molar-refractivity contribution in [2.45, 2.75) is 30.1 Å². The molecule has 1 aromatic heterocycles. The topological polar surface area (TPSA) is 67.7 Å². The Morgan fingerprint density at radius 2 is 1.78 bits per heavy atom. The van der Waals surface area contributed by atoms with Crippen molar-refractivity contribution in [1.82, 2.24) is 19.0 Å². The maximum absolute atomic E-state index is 12.8. The third-order valence-electron chi connectivity index (χ3n) is 6.50. The van der Waals surface area contributed by atoms with E-state index in [1.54, 1.807) is 0 Å². The van der Waals surface area contributed by atoms with E-state index in [0.29, 0.717) is 30.6 Å². The highest BCUT2D eigenvalue weighted by Gasteiger charge is 2.60. The van der Waals surface area contributed by atoms with E-state index in [0.717, 1.165) is 43.8 Å². The number of aromatic nitrogens is 2. The Kier molecular flexibility index (Phi) is 3.48. The van der Waals surface area contributed by atoms with Crippen molar-refractivity contribution in [3.63, 3.8) is 0 Å².